The summed E-state index contributed by atoms with van der Waals surface area (Å²) in [4.78, 5) is 17.6. The first-order chi connectivity index (χ1) is 11.2. The Morgan fingerprint density at radius 1 is 1.26 bits per heavy atom. The minimum Gasteiger partial charge on any atom is -0.495 e. The molecule has 4 nitrogen and oxygen atoms in total. The number of nitrogens with zero attached hydrogens (tertiary/aromatic N) is 2. The van der Waals surface area contributed by atoms with Gasteiger partial charge in [-0.15, -0.1) is 11.3 Å². The summed E-state index contributed by atoms with van der Waals surface area (Å²) >= 11 is 7.83. The van der Waals surface area contributed by atoms with Crippen molar-refractivity contribution in [3.8, 4) is 5.75 Å². The van der Waals surface area contributed by atoms with Gasteiger partial charge in [-0.1, -0.05) is 17.7 Å². The number of methoxy groups -OCH3 is 1. The highest BCUT2D eigenvalue weighted by Gasteiger charge is 2.22. The molecule has 0 spiro atoms. The second-order valence-corrected chi connectivity index (χ2v) is 6.88. The van der Waals surface area contributed by atoms with Crippen LogP contribution in [0.5, 0.6) is 5.75 Å². The number of ether oxygens (including phenoxy) is 1. The quantitative estimate of drug-likeness (QED) is 0.848. The summed E-state index contributed by atoms with van der Waals surface area (Å²) in [6.45, 7) is 3.12. The number of thiophene rings is 1. The summed E-state index contributed by atoms with van der Waals surface area (Å²) < 4.78 is 5.18. The second-order valence-electron chi connectivity index (χ2n) is 5.44. The molecule has 2 aromatic rings. The van der Waals surface area contributed by atoms with Crippen molar-refractivity contribution in [3.63, 3.8) is 0 Å². The van der Waals surface area contributed by atoms with Crippen LogP contribution in [0.25, 0.3) is 0 Å². The van der Waals surface area contributed by atoms with Gasteiger partial charge in [-0.2, -0.15) is 0 Å². The highest BCUT2D eigenvalue weighted by Crippen LogP contribution is 2.29. The van der Waals surface area contributed by atoms with Crippen LogP contribution < -0.4 is 9.64 Å². The highest BCUT2D eigenvalue weighted by atomic mass is 35.5. The van der Waals surface area contributed by atoms with Crippen LogP contribution in [0.2, 0.25) is 5.02 Å². The molecule has 1 aliphatic rings. The number of carbonyl (C=O) groups excluding carboxylic acids is 1. The van der Waals surface area contributed by atoms with E-state index in [1.165, 1.54) is 0 Å². The third-order valence-corrected chi connectivity index (χ3v) is 5.21. The van der Waals surface area contributed by atoms with Gasteiger partial charge in [0.15, 0.2) is 0 Å². The van der Waals surface area contributed by atoms with Gasteiger partial charge in [0.1, 0.15) is 5.75 Å². The number of amides is 1. The van der Waals surface area contributed by atoms with E-state index in [0.717, 1.165) is 36.7 Å². The monoisotopic (exact) mass is 350 g/mol. The standard InChI is InChI=1S/C17H19ClN2O2S/c1-22-16-5-4-13(11-15(16)18)19-6-8-20(9-7-19)17(21)12-14-3-2-10-23-14/h2-5,10-11H,6-9,12H2,1H3. The third-order valence-electron chi connectivity index (χ3n) is 4.04. The number of hydrogen-bond acceptors (Lipinski definition) is 4. The minimum absolute atomic E-state index is 0.208. The van der Waals surface area contributed by atoms with E-state index in [4.69, 9.17) is 16.3 Å². The molecular weight excluding hydrogens is 332 g/mol. The molecule has 1 aliphatic heterocycles. The van der Waals surface area contributed by atoms with Gasteiger partial charge in [0.2, 0.25) is 5.91 Å². The molecule has 23 heavy (non-hydrogen) atoms. The van der Waals surface area contributed by atoms with Crippen LogP contribution in [0.1, 0.15) is 4.88 Å². The number of rotatable bonds is 4. The van der Waals surface area contributed by atoms with E-state index in [1.54, 1.807) is 18.4 Å². The second kappa shape index (κ2) is 7.23. The van der Waals surface area contributed by atoms with Gasteiger partial charge in [-0.05, 0) is 29.6 Å². The highest BCUT2D eigenvalue weighted by molar-refractivity contribution is 7.10. The molecule has 1 amide bonds. The van der Waals surface area contributed by atoms with Crippen LogP contribution in [0, 0.1) is 0 Å². The van der Waals surface area contributed by atoms with Crippen molar-refractivity contribution in [2.75, 3.05) is 38.2 Å². The first kappa shape index (κ1) is 16.1. The van der Waals surface area contributed by atoms with Crippen molar-refractivity contribution in [2.24, 2.45) is 0 Å². The van der Waals surface area contributed by atoms with Gasteiger partial charge in [-0.25, -0.2) is 0 Å². The van der Waals surface area contributed by atoms with Crippen molar-refractivity contribution >= 4 is 34.5 Å². The largest absolute Gasteiger partial charge is 0.495 e. The van der Waals surface area contributed by atoms with E-state index in [1.807, 2.05) is 40.6 Å². The van der Waals surface area contributed by atoms with Gasteiger partial charge in [-0.3, -0.25) is 4.79 Å². The van der Waals surface area contributed by atoms with Crippen LogP contribution in [-0.2, 0) is 11.2 Å². The van der Waals surface area contributed by atoms with Crippen molar-refractivity contribution in [2.45, 2.75) is 6.42 Å². The van der Waals surface area contributed by atoms with Gasteiger partial charge in [0.25, 0.3) is 0 Å². The van der Waals surface area contributed by atoms with E-state index in [-0.39, 0.29) is 5.91 Å². The SMILES string of the molecule is COc1ccc(N2CCN(C(=O)Cc3cccs3)CC2)cc1Cl. The molecule has 0 N–H and O–H groups in total. The Balaban J connectivity index is 1.57. The van der Waals surface area contributed by atoms with E-state index in [2.05, 4.69) is 4.90 Å². The fraction of sp³-hybridized carbons (Fsp3) is 0.353. The van der Waals surface area contributed by atoms with E-state index in [9.17, 15) is 4.79 Å². The van der Waals surface area contributed by atoms with Gasteiger partial charge in [0, 0.05) is 36.7 Å². The molecule has 0 aliphatic carbocycles. The number of anilines is 1. The summed E-state index contributed by atoms with van der Waals surface area (Å²) in [6.07, 6.45) is 0.506. The number of hydrogen-bond donors (Lipinski definition) is 0. The van der Waals surface area contributed by atoms with Crippen molar-refractivity contribution < 1.29 is 9.53 Å². The first-order valence-corrected chi connectivity index (χ1v) is 8.82. The molecule has 0 bridgehead atoms. The van der Waals surface area contributed by atoms with E-state index < -0.39 is 0 Å². The average Bonchev–Trinajstić information content (AvgIpc) is 3.08. The summed E-state index contributed by atoms with van der Waals surface area (Å²) in [5, 5.41) is 2.62. The lowest BCUT2D eigenvalue weighted by Gasteiger charge is -2.36. The van der Waals surface area contributed by atoms with Crippen molar-refractivity contribution in [1.29, 1.82) is 0 Å². The number of piperazine rings is 1. The lowest BCUT2D eigenvalue weighted by atomic mass is 10.2. The zero-order chi connectivity index (χ0) is 16.2. The molecule has 2 heterocycles. The summed E-state index contributed by atoms with van der Waals surface area (Å²) in [7, 11) is 1.61. The minimum atomic E-state index is 0.208. The van der Waals surface area contributed by atoms with Gasteiger partial charge in [0.05, 0.1) is 18.6 Å². The lowest BCUT2D eigenvalue weighted by molar-refractivity contribution is -0.130. The Labute approximate surface area is 145 Å². The Morgan fingerprint density at radius 2 is 2.04 bits per heavy atom. The number of benzene rings is 1. The Bertz CT molecular complexity index is 667. The van der Waals surface area contributed by atoms with E-state index in [0.29, 0.717) is 17.2 Å². The van der Waals surface area contributed by atoms with E-state index >= 15 is 0 Å². The predicted octanol–water partition coefficient (Wildman–Crippen LogP) is 3.30. The van der Waals surface area contributed by atoms with Crippen LogP contribution in [0.3, 0.4) is 0 Å². The molecular formula is C17H19ClN2O2S. The molecule has 122 valence electrons. The predicted molar refractivity (Wildman–Crippen MR) is 94.8 cm³/mol. The smallest absolute Gasteiger partial charge is 0.227 e. The van der Waals surface area contributed by atoms with Crippen LogP contribution in [0.4, 0.5) is 5.69 Å². The van der Waals surface area contributed by atoms with Gasteiger partial charge >= 0.3 is 0 Å². The molecule has 0 atom stereocenters. The molecule has 3 rings (SSSR count). The first-order valence-electron chi connectivity index (χ1n) is 7.56. The Hall–Kier alpha value is -1.72. The molecule has 0 radical (unpaired) electrons. The number of carbonyl (C=O) groups is 1. The van der Waals surface area contributed by atoms with Crippen molar-refractivity contribution in [3.05, 3.63) is 45.6 Å². The Morgan fingerprint density at radius 3 is 2.65 bits per heavy atom. The molecule has 1 fully saturated rings. The van der Waals surface area contributed by atoms with Crippen molar-refractivity contribution in [1.82, 2.24) is 4.90 Å². The maximum atomic E-state index is 12.3. The van der Waals surface area contributed by atoms with Gasteiger partial charge < -0.3 is 14.5 Å². The maximum absolute atomic E-state index is 12.3. The molecule has 0 unspecified atom stereocenters. The van der Waals surface area contributed by atoms with Crippen LogP contribution in [-0.4, -0.2) is 44.1 Å². The summed E-state index contributed by atoms with van der Waals surface area (Å²) in [5.74, 6) is 0.889. The lowest BCUT2D eigenvalue weighted by Crippen LogP contribution is -2.49. The molecule has 1 saturated heterocycles. The molecule has 6 heteroatoms. The fourth-order valence-corrected chi connectivity index (χ4v) is 3.69. The summed E-state index contributed by atoms with van der Waals surface area (Å²) in [6, 6.07) is 9.81. The molecule has 1 aromatic carbocycles. The average molecular weight is 351 g/mol. The van der Waals surface area contributed by atoms with Crippen LogP contribution in [0.15, 0.2) is 35.7 Å². The number of halogens is 1. The topological polar surface area (TPSA) is 32.8 Å². The fourth-order valence-electron chi connectivity index (χ4n) is 2.74. The molecule has 0 saturated carbocycles. The Kier molecular flexibility index (Phi) is 5.08. The normalized spacial score (nSPS) is 14.9. The summed E-state index contributed by atoms with van der Waals surface area (Å²) in [5.41, 5.74) is 1.07. The van der Waals surface area contributed by atoms with Crippen LogP contribution >= 0.6 is 22.9 Å². The maximum Gasteiger partial charge on any atom is 0.227 e. The molecule has 1 aromatic heterocycles. The third kappa shape index (κ3) is 3.79. The zero-order valence-corrected chi connectivity index (χ0v) is 14.6. The zero-order valence-electron chi connectivity index (χ0n) is 13.0.